The fourth-order valence-electron chi connectivity index (χ4n) is 4.93. The van der Waals surface area contributed by atoms with Crippen molar-refractivity contribution in [2.45, 2.75) is 117 Å². The summed E-state index contributed by atoms with van der Waals surface area (Å²) in [4.78, 5) is 43.1. The highest BCUT2D eigenvalue weighted by Gasteiger charge is 2.36. The van der Waals surface area contributed by atoms with Gasteiger partial charge in [-0.3, -0.25) is 9.59 Å². The van der Waals surface area contributed by atoms with Gasteiger partial charge in [-0.15, -0.1) is 0 Å². The van der Waals surface area contributed by atoms with Crippen LogP contribution < -0.4 is 10.6 Å². The number of alkyl carbamates (subject to hydrolysis) is 1. The van der Waals surface area contributed by atoms with Crippen LogP contribution in [-0.2, 0) is 20.7 Å². The summed E-state index contributed by atoms with van der Waals surface area (Å²) in [6, 6.07) is 12.3. The number of phenolic OH excluding ortho intramolecular Hbond substituents is 1. The number of carbonyl (C=O) groups is 3. The summed E-state index contributed by atoms with van der Waals surface area (Å²) in [6.45, 7) is 13.8. The molecule has 0 fully saturated rings. The summed E-state index contributed by atoms with van der Waals surface area (Å²) in [6.07, 6.45) is 4.88. The molecule has 3 amide bonds. The molecule has 0 aromatic heterocycles. The lowest BCUT2D eigenvalue weighted by Gasteiger charge is -2.35. The first kappa shape index (κ1) is 34.7. The molecule has 0 spiro atoms. The van der Waals surface area contributed by atoms with Crippen molar-refractivity contribution in [1.82, 2.24) is 15.5 Å². The van der Waals surface area contributed by atoms with Crippen molar-refractivity contribution in [2.75, 3.05) is 6.54 Å². The number of ether oxygens (including phenoxy) is 1. The Hall–Kier alpha value is -3.55. The molecule has 3 unspecified atom stereocenters. The Labute approximate surface area is 252 Å². The van der Waals surface area contributed by atoms with E-state index < -0.39 is 23.8 Å². The molecule has 0 aliphatic heterocycles. The topological polar surface area (TPSA) is 108 Å². The summed E-state index contributed by atoms with van der Waals surface area (Å²) < 4.78 is 5.52. The van der Waals surface area contributed by atoms with Crippen molar-refractivity contribution in [3.05, 3.63) is 65.2 Å². The van der Waals surface area contributed by atoms with Crippen molar-refractivity contribution in [1.29, 1.82) is 0 Å². The van der Waals surface area contributed by atoms with E-state index in [2.05, 4.69) is 24.5 Å². The van der Waals surface area contributed by atoms with Gasteiger partial charge in [0.1, 0.15) is 23.4 Å². The summed E-state index contributed by atoms with van der Waals surface area (Å²) in [5.41, 5.74) is 1.70. The fraction of sp³-hybridized carbons (Fsp3) is 0.559. The molecule has 42 heavy (non-hydrogen) atoms. The van der Waals surface area contributed by atoms with E-state index in [1.165, 1.54) is 0 Å². The number of rotatable bonds is 15. The summed E-state index contributed by atoms with van der Waals surface area (Å²) >= 11 is 0. The van der Waals surface area contributed by atoms with Gasteiger partial charge in [-0.2, -0.15) is 0 Å². The quantitative estimate of drug-likeness (QED) is 0.206. The van der Waals surface area contributed by atoms with E-state index in [-0.39, 0.29) is 30.0 Å². The van der Waals surface area contributed by atoms with Crippen LogP contribution in [0.5, 0.6) is 5.75 Å². The van der Waals surface area contributed by atoms with Gasteiger partial charge in [-0.1, -0.05) is 81.5 Å². The van der Waals surface area contributed by atoms with E-state index in [1.807, 2.05) is 38.1 Å². The number of nitrogens with zero attached hydrogens (tertiary/aromatic N) is 1. The number of unbranched alkanes of at least 4 members (excludes halogenated alkanes) is 3. The third-order valence-corrected chi connectivity index (χ3v) is 6.93. The Bertz CT molecular complexity index is 1140. The summed E-state index contributed by atoms with van der Waals surface area (Å²) in [5, 5.41) is 15.7. The number of phenols is 1. The van der Waals surface area contributed by atoms with Gasteiger partial charge in [0, 0.05) is 19.0 Å². The predicted molar refractivity (Wildman–Crippen MR) is 167 cm³/mol. The van der Waals surface area contributed by atoms with Crippen LogP contribution in [0.2, 0.25) is 0 Å². The van der Waals surface area contributed by atoms with Crippen molar-refractivity contribution < 1.29 is 24.2 Å². The maximum Gasteiger partial charge on any atom is 0.408 e. The first-order chi connectivity index (χ1) is 19.8. The number of hydrogen-bond acceptors (Lipinski definition) is 5. The molecule has 232 valence electrons. The van der Waals surface area contributed by atoms with Crippen molar-refractivity contribution in [3.8, 4) is 5.75 Å². The van der Waals surface area contributed by atoms with Gasteiger partial charge in [0.15, 0.2) is 0 Å². The molecule has 2 rings (SSSR count). The first-order valence-electron chi connectivity index (χ1n) is 15.3. The van der Waals surface area contributed by atoms with Crippen LogP contribution in [0.4, 0.5) is 4.79 Å². The highest BCUT2D eigenvalue weighted by atomic mass is 16.6. The number of carbonyl (C=O) groups excluding carboxylic acids is 3. The Morgan fingerprint density at radius 3 is 2.24 bits per heavy atom. The van der Waals surface area contributed by atoms with Crippen LogP contribution in [0.1, 0.15) is 103 Å². The number of benzene rings is 2. The van der Waals surface area contributed by atoms with Gasteiger partial charge < -0.3 is 25.4 Å². The molecule has 0 aliphatic carbocycles. The lowest BCUT2D eigenvalue weighted by atomic mass is 9.98. The van der Waals surface area contributed by atoms with E-state index in [0.717, 1.165) is 55.2 Å². The molecule has 0 heterocycles. The second-order valence-corrected chi connectivity index (χ2v) is 12.2. The molecule has 0 saturated heterocycles. The zero-order valence-electron chi connectivity index (χ0n) is 26.5. The van der Waals surface area contributed by atoms with E-state index in [9.17, 15) is 19.5 Å². The third-order valence-electron chi connectivity index (χ3n) is 6.93. The minimum atomic E-state index is -0.997. The summed E-state index contributed by atoms with van der Waals surface area (Å²) in [7, 11) is 0. The Balaban J connectivity index is 2.57. The van der Waals surface area contributed by atoms with Crippen LogP contribution in [0.3, 0.4) is 0 Å². The monoisotopic (exact) mass is 581 g/mol. The largest absolute Gasteiger partial charge is 0.508 e. The van der Waals surface area contributed by atoms with Gasteiger partial charge in [0.05, 0.1) is 0 Å². The third kappa shape index (κ3) is 11.7. The molecule has 0 radical (unpaired) electrons. The minimum Gasteiger partial charge on any atom is -0.508 e. The predicted octanol–water partition coefficient (Wildman–Crippen LogP) is 6.59. The molecule has 8 nitrogen and oxygen atoms in total. The van der Waals surface area contributed by atoms with E-state index in [0.29, 0.717) is 6.54 Å². The van der Waals surface area contributed by atoms with E-state index in [4.69, 9.17) is 4.74 Å². The van der Waals surface area contributed by atoms with Crippen molar-refractivity contribution in [3.63, 3.8) is 0 Å². The van der Waals surface area contributed by atoms with Crippen LogP contribution in [0.15, 0.2) is 48.5 Å². The van der Waals surface area contributed by atoms with Gasteiger partial charge in [-0.25, -0.2) is 4.79 Å². The normalized spacial score (nSPS) is 13.5. The minimum absolute atomic E-state index is 0.0560. The highest BCUT2D eigenvalue weighted by molar-refractivity contribution is 5.92. The maximum atomic E-state index is 14.5. The zero-order valence-corrected chi connectivity index (χ0v) is 26.5. The molecule has 0 aliphatic rings. The smallest absolute Gasteiger partial charge is 0.408 e. The van der Waals surface area contributed by atoms with E-state index >= 15 is 0 Å². The highest BCUT2D eigenvalue weighted by Crippen LogP contribution is 2.26. The Morgan fingerprint density at radius 2 is 1.64 bits per heavy atom. The van der Waals surface area contributed by atoms with Crippen molar-refractivity contribution >= 4 is 17.9 Å². The molecule has 3 atom stereocenters. The lowest BCUT2D eigenvalue weighted by molar-refractivity contribution is -0.142. The lowest BCUT2D eigenvalue weighted by Crippen LogP contribution is -2.54. The van der Waals surface area contributed by atoms with E-state index in [1.54, 1.807) is 49.9 Å². The molecular weight excluding hydrogens is 530 g/mol. The first-order valence-corrected chi connectivity index (χ1v) is 15.3. The second kappa shape index (κ2) is 16.8. The van der Waals surface area contributed by atoms with Gasteiger partial charge >= 0.3 is 6.09 Å². The second-order valence-electron chi connectivity index (χ2n) is 12.2. The zero-order chi connectivity index (χ0) is 31.3. The Morgan fingerprint density at radius 1 is 0.952 bits per heavy atom. The molecule has 3 N–H and O–H groups in total. The van der Waals surface area contributed by atoms with Crippen LogP contribution in [0, 0.1) is 6.92 Å². The van der Waals surface area contributed by atoms with Gasteiger partial charge in [-0.05, 0) is 70.7 Å². The number of aryl methyl sites for hydroxylation is 1. The van der Waals surface area contributed by atoms with Crippen molar-refractivity contribution in [2.24, 2.45) is 0 Å². The molecule has 0 saturated carbocycles. The standard InChI is InChI=1S/C34H51N3O5/c1-8-10-11-12-21-37(30(27-16-13-15-24(3)22-27)31(39)35-25(4)14-9-2)32(40)29(36-33(41)42-34(5,6)7)23-26-17-19-28(38)20-18-26/h13,15-20,22,25,29-30,38H,8-12,14,21,23H2,1-7H3,(H,35,39)(H,36,41). The van der Waals surface area contributed by atoms with Gasteiger partial charge in [0.25, 0.3) is 0 Å². The number of hydrogen-bond donors (Lipinski definition) is 3. The SMILES string of the molecule is CCCCCCN(C(=O)C(Cc1ccc(O)cc1)NC(=O)OC(C)(C)C)C(C(=O)NC(C)CCC)c1cccc(C)c1. The number of amides is 3. The number of nitrogens with one attached hydrogen (secondary N) is 2. The van der Waals surface area contributed by atoms with Crippen LogP contribution in [0.25, 0.3) is 0 Å². The van der Waals surface area contributed by atoms with Gasteiger partial charge in [0.2, 0.25) is 11.8 Å². The van der Waals surface area contributed by atoms with Crippen LogP contribution in [-0.4, -0.2) is 52.1 Å². The average Bonchev–Trinajstić information content (AvgIpc) is 2.90. The Kier molecular flexibility index (Phi) is 13.8. The molecule has 2 aromatic carbocycles. The molecule has 2 aromatic rings. The molecule has 8 heteroatoms. The van der Waals surface area contributed by atoms with Crippen LogP contribution >= 0.6 is 0 Å². The molecular formula is C34H51N3O5. The average molecular weight is 582 g/mol. The molecule has 0 bridgehead atoms. The fourth-order valence-corrected chi connectivity index (χ4v) is 4.93. The summed E-state index contributed by atoms with van der Waals surface area (Å²) in [5.74, 6) is -0.502. The number of aromatic hydroxyl groups is 1. The maximum absolute atomic E-state index is 14.5.